The Morgan fingerprint density at radius 3 is 2.56 bits per heavy atom. The van der Waals surface area contributed by atoms with E-state index >= 15 is 0 Å². The number of benzene rings is 2. The first kappa shape index (κ1) is 20.2. The van der Waals surface area contributed by atoms with Gasteiger partial charge >= 0.3 is 6.03 Å². The van der Waals surface area contributed by atoms with Gasteiger partial charge in [0, 0.05) is 16.7 Å². The van der Waals surface area contributed by atoms with Crippen molar-refractivity contribution in [2.24, 2.45) is 0 Å². The van der Waals surface area contributed by atoms with E-state index in [0.717, 1.165) is 4.90 Å². The molecule has 1 N–H and O–H groups in total. The first-order chi connectivity index (χ1) is 15.4. The first-order valence-electron chi connectivity index (χ1n) is 9.27. The van der Waals surface area contributed by atoms with Crippen molar-refractivity contribution < 1.29 is 28.3 Å². The van der Waals surface area contributed by atoms with Crippen molar-refractivity contribution in [3.63, 3.8) is 0 Å². The number of hydrogen-bond donors (Lipinski definition) is 1. The molecule has 0 radical (unpaired) electrons. The van der Waals surface area contributed by atoms with E-state index in [0.29, 0.717) is 32.9 Å². The van der Waals surface area contributed by atoms with Crippen molar-refractivity contribution in [2.45, 2.75) is 0 Å². The van der Waals surface area contributed by atoms with Crippen molar-refractivity contribution in [2.75, 3.05) is 11.7 Å². The molecule has 0 unspecified atom stereocenters. The Labute approximate surface area is 190 Å². The Kier molecular flexibility index (Phi) is 4.88. The summed E-state index contributed by atoms with van der Waals surface area (Å²) in [4.78, 5) is 38.7. The molecule has 1 fully saturated rings. The van der Waals surface area contributed by atoms with E-state index in [9.17, 15) is 14.4 Å². The van der Waals surface area contributed by atoms with E-state index in [1.165, 1.54) is 18.2 Å². The second-order valence-corrected chi connectivity index (χ2v) is 7.67. The topological polar surface area (TPSA) is 98.1 Å². The lowest BCUT2D eigenvalue weighted by Gasteiger charge is -2.26. The summed E-state index contributed by atoms with van der Waals surface area (Å²) in [5.74, 6) is -0.106. The number of ether oxygens (including phenoxy) is 2. The van der Waals surface area contributed by atoms with Crippen LogP contribution in [-0.4, -0.2) is 24.6 Å². The summed E-state index contributed by atoms with van der Waals surface area (Å²) in [6.07, 6.45) is 1.26. The molecular formula is C22H12Cl2N2O6. The second kappa shape index (κ2) is 7.74. The average molecular weight is 471 g/mol. The third-order valence-electron chi connectivity index (χ3n) is 4.83. The van der Waals surface area contributed by atoms with Gasteiger partial charge in [0.1, 0.15) is 17.1 Å². The summed E-state index contributed by atoms with van der Waals surface area (Å²) >= 11 is 12.1. The molecule has 0 bridgehead atoms. The molecule has 3 heterocycles. The number of fused-ring (bicyclic) bond motifs is 1. The third kappa shape index (κ3) is 3.49. The molecule has 5 rings (SSSR count). The van der Waals surface area contributed by atoms with Crippen LogP contribution < -0.4 is 19.7 Å². The Balaban J connectivity index is 1.48. The normalized spacial score (nSPS) is 16.6. The van der Waals surface area contributed by atoms with Gasteiger partial charge in [-0.05, 0) is 48.5 Å². The predicted molar refractivity (Wildman–Crippen MR) is 116 cm³/mol. The van der Waals surface area contributed by atoms with E-state index < -0.39 is 17.8 Å². The minimum atomic E-state index is -0.871. The Morgan fingerprint density at radius 1 is 0.938 bits per heavy atom. The van der Waals surface area contributed by atoms with Gasteiger partial charge in [-0.15, -0.1) is 0 Å². The van der Waals surface area contributed by atoms with Crippen LogP contribution in [-0.2, 0) is 9.59 Å². The second-order valence-electron chi connectivity index (χ2n) is 6.82. The lowest BCUT2D eigenvalue weighted by molar-refractivity contribution is -0.122. The largest absolute Gasteiger partial charge is 0.457 e. The van der Waals surface area contributed by atoms with E-state index in [2.05, 4.69) is 5.32 Å². The fourth-order valence-electron chi connectivity index (χ4n) is 3.32. The van der Waals surface area contributed by atoms with Gasteiger partial charge in [0.05, 0.1) is 10.7 Å². The van der Waals surface area contributed by atoms with E-state index in [1.54, 1.807) is 36.4 Å². The van der Waals surface area contributed by atoms with Gasteiger partial charge in [0.2, 0.25) is 6.79 Å². The zero-order valence-electron chi connectivity index (χ0n) is 16.1. The number of hydrogen-bond acceptors (Lipinski definition) is 6. The molecule has 1 saturated heterocycles. The molecule has 0 atom stereocenters. The molecule has 0 spiro atoms. The van der Waals surface area contributed by atoms with E-state index in [1.807, 2.05) is 0 Å². The highest BCUT2D eigenvalue weighted by atomic mass is 35.5. The molecule has 3 aromatic rings. The SMILES string of the molecule is O=C1NC(=O)N(c2ccc3c(c2)OCO3)C(=O)/C1=C\c1ccc(-c2ccc(Cl)cc2Cl)o1. The molecule has 1 aromatic heterocycles. The van der Waals surface area contributed by atoms with Gasteiger partial charge in [-0.3, -0.25) is 14.9 Å². The third-order valence-corrected chi connectivity index (χ3v) is 5.37. The summed E-state index contributed by atoms with van der Waals surface area (Å²) in [6.45, 7) is 0.0427. The number of furan rings is 1. The molecular weight excluding hydrogens is 459 g/mol. The molecule has 0 saturated carbocycles. The predicted octanol–water partition coefficient (Wildman–Crippen LogP) is 4.65. The van der Waals surface area contributed by atoms with Gasteiger partial charge in [-0.25, -0.2) is 9.69 Å². The zero-order chi connectivity index (χ0) is 22.4. The van der Waals surface area contributed by atoms with Crippen LogP contribution in [0.3, 0.4) is 0 Å². The quantitative estimate of drug-likeness (QED) is 0.441. The maximum absolute atomic E-state index is 13.0. The monoisotopic (exact) mass is 470 g/mol. The van der Waals surface area contributed by atoms with Crippen LogP contribution in [0.2, 0.25) is 10.0 Å². The zero-order valence-corrected chi connectivity index (χ0v) is 17.6. The number of nitrogens with one attached hydrogen (secondary N) is 1. The Morgan fingerprint density at radius 2 is 1.75 bits per heavy atom. The lowest BCUT2D eigenvalue weighted by atomic mass is 10.1. The molecule has 2 aliphatic rings. The van der Waals surface area contributed by atoms with Crippen molar-refractivity contribution >= 4 is 52.8 Å². The number of anilines is 1. The molecule has 4 amide bonds. The van der Waals surface area contributed by atoms with Crippen LogP contribution in [0.4, 0.5) is 10.5 Å². The fraction of sp³-hybridized carbons (Fsp3) is 0.0455. The number of carbonyl (C=O) groups excluding carboxylic acids is 3. The molecule has 10 heteroatoms. The number of carbonyl (C=O) groups is 3. The number of rotatable bonds is 3. The van der Waals surface area contributed by atoms with Crippen molar-refractivity contribution in [1.29, 1.82) is 0 Å². The molecule has 2 aromatic carbocycles. The van der Waals surface area contributed by atoms with Gasteiger partial charge in [-0.2, -0.15) is 0 Å². The van der Waals surface area contributed by atoms with Crippen molar-refractivity contribution in [1.82, 2.24) is 5.32 Å². The molecule has 2 aliphatic heterocycles. The van der Waals surface area contributed by atoms with E-state index in [4.69, 9.17) is 37.1 Å². The number of urea groups is 1. The van der Waals surface area contributed by atoms with Crippen LogP contribution in [0.5, 0.6) is 11.5 Å². The summed E-state index contributed by atoms with van der Waals surface area (Å²) in [5.41, 5.74) is 0.547. The molecule has 32 heavy (non-hydrogen) atoms. The molecule has 160 valence electrons. The Bertz CT molecular complexity index is 1330. The smallest absolute Gasteiger partial charge is 0.335 e. The van der Waals surface area contributed by atoms with Crippen LogP contribution in [0.15, 0.2) is 58.5 Å². The summed E-state index contributed by atoms with van der Waals surface area (Å²) in [5, 5.41) is 3.02. The maximum Gasteiger partial charge on any atom is 0.335 e. The fourth-order valence-corrected chi connectivity index (χ4v) is 3.82. The average Bonchev–Trinajstić information content (AvgIpc) is 3.40. The highest BCUT2D eigenvalue weighted by Crippen LogP contribution is 2.37. The number of imide groups is 2. The standard InChI is InChI=1S/C22H12Cl2N2O6/c23-11-1-4-14(16(24)7-11)17-6-3-13(32-17)9-15-20(27)25-22(29)26(21(15)28)12-2-5-18-19(8-12)31-10-30-18/h1-9H,10H2,(H,25,27,29)/b15-9-. The van der Waals surface area contributed by atoms with Gasteiger partial charge in [0.25, 0.3) is 11.8 Å². The van der Waals surface area contributed by atoms with Crippen LogP contribution >= 0.6 is 23.2 Å². The maximum atomic E-state index is 13.0. The van der Waals surface area contributed by atoms with Crippen LogP contribution in [0, 0.1) is 0 Å². The number of halogens is 2. The number of nitrogens with zero attached hydrogens (tertiary/aromatic N) is 1. The highest BCUT2D eigenvalue weighted by molar-refractivity contribution is 6.39. The van der Waals surface area contributed by atoms with Crippen molar-refractivity contribution in [3.05, 3.63) is 69.9 Å². The molecule has 8 nitrogen and oxygen atoms in total. The first-order valence-corrected chi connectivity index (χ1v) is 10.0. The molecule has 0 aliphatic carbocycles. The minimum Gasteiger partial charge on any atom is -0.457 e. The van der Waals surface area contributed by atoms with Gasteiger partial charge in [-0.1, -0.05) is 23.2 Å². The Hall–Kier alpha value is -3.75. The van der Waals surface area contributed by atoms with Gasteiger partial charge in [0.15, 0.2) is 11.5 Å². The highest BCUT2D eigenvalue weighted by Gasteiger charge is 2.37. The van der Waals surface area contributed by atoms with E-state index in [-0.39, 0.29) is 23.8 Å². The van der Waals surface area contributed by atoms with Crippen LogP contribution in [0.25, 0.3) is 17.4 Å². The van der Waals surface area contributed by atoms with Crippen molar-refractivity contribution in [3.8, 4) is 22.8 Å². The summed E-state index contributed by atoms with van der Waals surface area (Å²) in [7, 11) is 0. The van der Waals surface area contributed by atoms with Gasteiger partial charge < -0.3 is 13.9 Å². The minimum absolute atomic E-state index is 0.0427. The van der Waals surface area contributed by atoms with Crippen LogP contribution in [0.1, 0.15) is 5.76 Å². The number of barbiturate groups is 1. The lowest BCUT2D eigenvalue weighted by Crippen LogP contribution is -2.54. The summed E-state index contributed by atoms with van der Waals surface area (Å²) in [6, 6.07) is 11.9. The number of amides is 4. The summed E-state index contributed by atoms with van der Waals surface area (Å²) < 4.78 is 16.3.